The van der Waals surface area contributed by atoms with Crippen molar-refractivity contribution in [2.24, 2.45) is 0 Å². The first kappa shape index (κ1) is 14.5. The summed E-state index contributed by atoms with van der Waals surface area (Å²) in [6.45, 7) is 2.35. The van der Waals surface area contributed by atoms with E-state index in [-0.39, 0.29) is 12.6 Å². The predicted octanol–water partition coefficient (Wildman–Crippen LogP) is 3.59. The van der Waals surface area contributed by atoms with Crippen LogP contribution in [0.25, 0.3) is 0 Å². The van der Waals surface area contributed by atoms with Crippen LogP contribution in [0.4, 0.5) is 0 Å². The van der Waals surface area contributed by atoms with Gasteiger partial charge in [-0.2, -0.15) is 0 Å². The Labute approximate surface area is 117 Å². The molecule has 1 saturated carbocycles. The highest BCUT2D eigenvalue weighted by Gasteiger charge is 2.17. The molecule has 1 aliphatic carbocycles. The molecule has 1 aliphatic rings. The normalized spacial score (nSPS) is 19.1. The van der Waals surface area contributed by atoms with Gasteiger partial charge in [-0.05, 0) is 30.4 Å². The molecule has 1 aromatic rings. The van der Waals surface area contributed by atoms with Crippen molar-refractivity contribution in [2.75, 3.05) is 6.61 Å². The second kappa shape index (κ2) is 7.66. The molecule has 0 saturated heterocycles. The SMILES string of the molecule is CCc1ccc(C(CO)NC2CCCCCC2)cc1. The van der Waals surface area contributed by atoms with Crippen molar-refractivity contribution < 1.29 is 5.11 Å². The maximum Gasteiger partial charge on any atom is 0.0626 e. The van der Waals surface area contributed by atoms with E-state index in [1.165, 1.54) is 49.7 Å². The standard InChI is InChI=1S/C17H27NO/c1-2-14-9-11-15(12-10-14)17(13-19)18-16-7-5-3-4-6-8-16/h9-12,16-19H,2-8,13H2,1H3. The fraction of sp³-hybridized carbons (Fsp3) is 0.647. The molecule has 0 aromatic heterocycles. The molecule has 2 nitrogen and oxygen atoms in total. The number of aryl methyl sites for hydroxylation is 1. The van der Waals surface area contributed by atoms with Crippen LogP contribution in [0.5, 0.6) is 0 Å². The quantitative estimate of drug-likeness (QED) is 0.794. The second-order valence-electron chi connectivity index (χ2n) is 5.69. The van der Waals surface area contributed by atoms with E-state index in [9.17, 15) is 5.11 Å². The third-order valence-corrected chi connectivity index (χ3v) is 4.26. The van der Waals surface area contributed by atoms with Crippen LogP contribution >= 0.6 is 0 Å². The van der Waals surface area contributed by atoms with Crippen LogP contribution in [-0.4, -0.2) is 17.8 Å². The molecular formula is C17H27NO. The monoisotopic (exact) mass is 261 g/mol. The molecule has 1 atom stereocenters. The number of nitrogens with one attached hydrogen (secondary N) is 1. The van der Waals surface area contributed by atoms with Gasteiger partial charge in [-0.15, -0.1) is 0 Å². The number of hydrogen-bond donors (Lipinski definition) is 2. The Hall–Kier alpha value is -0.860. The predicted molar refractivity (Wildman–Crippen MR) is 80.3 cm³/mol. The first-order chi connectivity index (χ1) is 9.33. The van der Waals surface area contributed by atoms with Crippen molar-refractivity contribution in [1.29, 1.82) is 0 Å². The number of aliphatic hydroxyl groups excluding tert-OH is 1. The first-order valence-electron chi connectivity index (χ1n) is 7.79. The molecule has 1 unspecified atom stereocenters. The summed E-state index contributed by atoms with van der Waals surface area (Å²) in [5, 5.41) is 13.3. The van der Waals surface area contributed by atoms with Crippen molar-refractivity contribution in [3.63, 3.8) is 0 Å². The summed E-state index contributed by atoms with van der Waals surface area (Å²) in [5.74, 6) is 0. The fourth-order valence-corrected chi connectivity index (χ4v) is 2.97. The lowest BCUT2D eigenvalue weighted by Gasteiger charge is -2.24. The van der Waals surface area contributed by atoms with E-state index in [0.29, 0.717) is 6.04 Å². The van der Waals surface area contributed by atoms with E-state index < -0.39 is 0 Å². The highest BCUT2D eigenvalue weighted by Crippen LogP contribution is 2.21. The number of hydrogen-bond acceptors (Lipinski definition) is 2. The summed E-state index contributed by atoms with van der Waals surface area (Å²) in [6.07, 6.45) is 8.96. The van der Waals surface area contributed by atoms with Gasteiger partial charge < -0.3 is 10.4 Å². The Balaban J connectivity index is 1.97. The maximum atomic E-state index is 9.64. The minimum atomic E-state index is 0.0917. The highest BCUT2D eigenvalue weighted by atomic mass is 16.3. The van der Waals surface area contributed by atoms with E-state index in [4.69, 9.17) is 0 Å². The third-order valence-electron chi connectivity index (χ3n) is 4.26. The highest BCUT2D eigenvalue weighted by molar-refractivity contribution is 5.25. The van der Waals surface area contributed by atoms with Crippen molar-refractivity contribution in [1.82, 2.24) is 5.32 Å². The number of aliphatic hydroxyl groups is 1. The molecule has 1 aromatic carbocycles. The minimum Gasteiger partial charge on any atom is -0.394 e. The number of rotatable bonds is 5. The minimum absolute atomic E-state index is 0.0917. The van der Waals surface area contributed by atoms with Crippen LogP contribution in [0.3, 0.4) is 0 Å². The Kier molecular flexibility index (Phi) is 5.87. The van der Waals surface area contributed by atoms with E-state index in [0.717, 1.165) is 6.42 Å². The van der Waals surface area contributed by atoms with Crippen molar-refractivity contribution in [2.45, 2.75) is 64.0 Å². The Bertz CT molecular complexity index is 352. The zero-order valence-electron chi connectivity index (χ0n) is 12.1. The average molecular weight is 261 g/mol. The molecule has 106 valence electrons. The lowest BCUT2D eigenvalue weighted by molar-refractivity contribution is 0.228. The molecule has 0 amide bonds. The summed E-state index contributed by atoms with van der Waals surface area (Å²) in [7, 11) is 0. The van der Waals surface area contributed by atoms with Crippen LogP contribution in [0.15, 0.2) is 24.3 Å². The van der Waals surface area contributed by atoms with Crippen LogP contribution < -0.4 is 5.32 Å². The van der Waals surface area contributed by atoms with Gasteiger partial charge in [-0.3, -0.25) is 0 Å². The molecular weight excluding hydrogens is 234 g/mol. The third kappa shape index (κ3) is 4.32. The summed E-state index contributed by atoms with van der Waals surface area (Å²) < 4.78 is 0. The average Bonchev–Trinajstić information content (AvgIpc) is 2.73. The molecule has 0 aliphatic heterocycles. The van der Waals surface area contributed by atoms with Gasteiger partial charge in [0.05, 0.1) is 12.6 Å². The van der Waals surface area contributed by atoms with Gasteiger partial charge in [-0.1, -0.05) is 56.9 Å². The molecule has 0 bridgehead atoms. The van der Waals surface area contributed by atoms with Crippen LogP contribution in [0, 0.1) is 0 Å². The van der Waals surface area contributed by atoms with E-state index in [2.05, 4.69) is 36.5 Å². The summed E-state index contributed by atoms with van der Waals surface area (Å²) in [4.78, 5) is 0. The summed E-state index contributed by atoms with van der Waals surface area (Å²) in [6, 6.07) is 9.33. The van der Waals surface area contributed by atoms with Gasteiger partial charge in [0.25, 0.3) is 0 Å². The van der Waals surface area contributed by atoms with E-state index >= 15 is 0 Å². The number of benzene rings is 1. The van der Waals surface area contributed by atoms with E-state index in [1.807, 2.05) is 0 Å². The molecule has 19 heavy (non-hydrogen) atoms. The molecule has 2 rings (SSSR count). The topological polar surface area (TPSA) is 32.3 Å². The lowest BCUT2D eigenvalue weighted by Crippen LogP contribution is -2.34. The molecule has 2 N–H and O–H groups in total. The lowest BCUT2D eigenvalue weighted by atomic mass is 10.0. The summed E-state index contributed by atoms with van der Waals surface area (Å²) in [5.41, 5.74) is 2.57. The summed E-state index contributed by atoms with van der Waals surface area (Å²) >= 11 is 0. The molecule has 0 heterocycles. The second-order valence-corrected chi connectivity index (χ2v) is 5.69. The maximum absolute atomic E-state index is 9.64. The smallest absolute Gasteiger partial charge is 0.0626 e. The van der Waals surface area contributed by atoms with Gasteiger partial charge in [-0.25, -0.2) is 0 Å². The van der Waals surface area contributed by atoms with Crippen LogP contribution in [0.2, 0.25) is 0 Å². The van der Waals surface area contributed by atoms with Crippen LogP contribution in [-0.2, 0) is 6.42 Å². The van der Waals surface area contributed by atoms with Crippen LogP contribution in [0.1, 0.15) is 62.6 Å². The van der Waals surface area contributed by atoms with Gasteiger partial charge in [0, 0.05) is 6.04 Å². The molecule has 2 heteroatoms. The van der Waals surface area contributed by atoms with E-state index in [1.54, 1.807) is 0 Å². The first-order valence-corrected chi connectivity index (χ1v) is 7.79. The van der Waals surface area contributed by atoms with Gasteiger partial charge >= 0.3 is 0 Å². The Morgan fingerprint density at radius 1 is 1.11 bits per heavy atom. The van der Waals surface area contributed by atoms with Crippen molar-refractivity contribution in [3.8, 4) is 0 Å². The van der Waals surface area contributed by atoms with Crippen molar-refractivity contribution >= 4 is 0 Å². The van der Waals surface area contributed by atoms with Gasteiger partial charge in [0.2, 0.25) is 0 Å². The Morgan fingerprint density at radius 2 is 1.74 bits per heavy atom. The molecule has 0 spiro atoms. The fourth-order valence-electron chi connectivity index (χ4n) is 2.97. The Morgan fingerprint density at radius 3 is 2.26 bits per heavy atom. The van der Waals surface area contributed by atoms with Gasteiger partial charge in [0.1, 0.15) is 0 Å². The molecule has 0 radical (unpaired) electrons. The largest absolute Gasteiger partial charge is 0.394 e. The van der Waals surface area contributed by atoms with Crippen molar-refractivity contribution in [3.05, 3.63) is 35.4 Å². The zero-order chi connectivity index (χ0) is 13.5. The molecule has 1 fully saturated rings. The zero-order valence-corrected chi connectivity index (χ0v) is 12.1. The van der Waals surface area contributed by atoms with Gasteiger partial charge in [0.15, 0.2) is 0 Å².